The van der Waals surface area contributed by atoms with Crippen molar-refractivity contribution in [1.82, 2.24) is 19.5 Å². The predicted octanol–water partition coefficient (Wildman–Crippen LogP) is 4.86. The van der Waals surface area contributed by atoms with Crippen molar-refractivity contribution in [2.24, 2.45) is 7.05 Å². The van der Waals surface area contributed by atoms with Crippen molar-refractivity contribution >= 4 is 46.0 Å². The van der Waals surface area contributed by atoms with E-state index in [-0.39, 0.29) is 5.56 Å². The molecular formula is C21H17Cl2N5O. The summed E-state index contributed by atoms with van der Waals surface area (Å²) in [6, 6.07) is 12.5. The van der Waals surface area contributed by atoms with Gasteiger partial charge < -0.3 is 0 Å². The number of benzene rings is 1. The molecule has 0 atom stereocenters. The van der Waals surface area contributed by atoms with Crippen LogP contribution >= 0.6 is 23.2 Å². The maximum absolute atomic E-state index is 13.1. The quantitative estimate of drug-likeness (QED) is 0.467. The van der Waals surface area contributed by atoms with Crippen LogP contribution in [0.15, 0.2) is 59.7 Å². The lowest BCUT2D eigenvalue weighted by Crippen LogP contribution is -2.23. The molecule has 1 aromatic carbocycles. The van der Waals surface area contributed by atoms with Gasteiger partial charge in [0.15, 0.2) is 0 Å². The third-order valence-electron chi connectivity index (χ3n) is 4.65. The molecule has 0 spiro atoms. The molecule has 0 bridgehead atoms. The molecule has 0 aliphatic rings. The van der Waals surface area contributed by atoms with E-state index in [2.05, 4.69) is 15.0 Å². The summed E-state index contributed by atoms with van der Waals surface area (Å²) in [5.41, 5.74) is 1.19. The molecular weight excluding hydrogens is 409 g/mol. The highest BCUT2D eigenvalue weighted by Gasteiger charge is 2.18. The molecule has 0 saturated heterocycles. The fraction of sp³-hybridized carbons (Fsp3) is 0.143. The van der Waals surface area contributed by atoms with E-state index in [1.54, 1.807) is 43.7 Å². The van der Waals surface area contributed by atoms with Gasteiger partial charge in [-0.1, -0.05) is 35.3 Å². The van der Waals surface area contributed by atoms with E-state index < -0.39 is 0 Å². The Morgan fingerprint density at radius 1 is 1.07 bits per heavy atom. The Bertz CT molecular complexity index is 1240. The number of anilines is 2. The molecule has 146 valence electrons. The van der Waals surface area contributed by atoms with Crippen LogP contribution in [0.2, 0.25) is 10.0 Å². The van der Waals surface area contributed by atoms with Crippen LogP contribution in [-0.4, -0.2) is 26.1 Å². The molecule has 0 saturated carbocycles. The Balaban J connectivity index is 1.90. The molecule has 0 unspecified atom stereocenters. The Kier molecular flexibility index (Phi) is 5.22. The number of hydrogen-bond donors (Lipinski definition) is 0. The largest absolute Gasteiger partial charge is 0.295 e. The lowest BCUT2D eigenvalue weighted by atomic mass is 10.1. The van der Waals surface area contributed by atoms with Crippen molar-refractivity contribution < 1.29 is 0 Å². The predicted molar refractivity (Wildman–Crippen MR) is 117 cm³/mol. The number of halogens is 2. The van der Waals surface area contributed by atoms with Crippen LogP contribution in [0.1, 0.15) is 6.92 Å². The normalized spacial score (nSPS) is 11.0. The van der Waals surface area contributed by atoms with Crippen molar-refractivity contribution in [1.29, 1.82) is 0 Å². The fourth-order valence-corrected chi connectivity index (χ4v) is 3.82. The van der Waals surface area contributed by atoms with Gasteiger partial charge in [-0.25, -0.2) is 9.97 Å². The Hall–Kier alpha value is -2.96. The second kappa shape index (κ2) is 7.81. The molecule has 0 radical (unpaired) electrons. The van der Waals surface area contributed by atoms with Crippen LogP contribution in [-0.2, 0) is 7.05 Å². The lowest BCUT2D eigenvalue weighted by Gasteiger charge is -2.20. The molecule has 0 aliphatic carbocycles. The SMILES string of the molecule is CCN(c1ccccn1)c1ncc2cc(-c3c(Cl)cccc3Cl)c(=O)n(C)c2n1. The highest BCUT2D eigenvalue weighted by molar-refractivity contribution is 6.39. The first-order chi connectivity index (χ1) is 14.0. The van der Waals surface area contributed by atoms with Gasteiger partial charge in [0.25, 0.3) is 5.56 Å². The van der Waals surface area contributed by atoms with Gasteiger partial charge in [0, 0.05) is 36.9 Å². The summed E-state index contributed by atoms with van der Waals surface area (Å²) >= 11 is 12.6. The number of pyridine rings is 2. The van der Waals surface area contributed by atoms with Gasteiger partial charge >= 0.3 is 0 Å². The summed E-state index contributed by atoms with van der Waals surface area (Å²) in [6.45, 7) is 2.62. The topological polar surface area (TPSA) is 63.9 Å². The van der Waals surface area contributed by atoms with Gasteiger partial charge in [-0.05, 0) is 37.3 Å². The van der Waals surface area contributed by atoms with Crippen molar-refractivity contribution in [3.63, 3.8) is 0 Å². The molecule has 6 nitrogen and oxygen atoms in total. The van der Waals surface area contributed by atoms with E-state index in [4.69, 9.17) is 23.2 Å². The van der Waals surface area contributed by atoms with Gasteiger partial charge in [0.1, 0.15) is 11.5 Å². The number of aryl methyl sites for hydroxylation is 1. The molecule has 4 rings (SSSR count). The third-order valence-corrected chi connectivity index (χ3v) is 5.28. The van der Waals surface area contributed by atoms with Gasteiger partial charge in [0.05, 0.1) is 15.6 Å². The zero-order valence-corrected chi connectivity index (χ0v) is 17.3. The maximum Gasteiger partial charge on any atom is 0.259 e. The summed E-state index contributed by atoms with van der Waals surface area (Å²) in [7, 11) is 1.67. The van der Waals surface area contributed by atoms with Crippen LogP contribution in [0, 0.1) is 0 Å². The Labute approximate surface area is 177 Å². The Morgan fingerprint density at radius 2 is 1.83 bits per heavy atom. The van der Waals surface area contributed by atoms with Crippen molar-refractivity contribution in [2.75, 3.05) is 11.4 Å². The summed E-state index contributed by atoms with van der Waals surface area (Å²) in [5.74, 6) is 1.20. The van der Waals surface area contributed by atoms with Gasteiger partial charge in [-0.2, -0.15) is 4.98 Å². The minimum Gasteiger partial charge on any atom is -0.295 e. The second-order valence-corrected chi connectivity index (χ2v) is 7.21. The van der Waals surface area contributed by atoms with Crippen LogP contribution < -0.4 is 10.5 Å². The van der Waals surface area contributed by atoms with Crippen LogP contribution in [0.4, 0.5) is 11.8 Å². The minimum atomic E-state index is -0.238. The molecule has 0 N–H and O–H groups in total. The third kappa shape index (κ3) is 3.45. The second-order valence-electron chi connectivity index (χ2n) is 6.40. The number of hydrogen-bond acceptors (Lipinski definition) is 5. The van der Waals surface area contributed by atoms with Crippen molar-refractivity contribution in [3.05, 3.63) is 75.3 Å². The number of nitrogens with zero attached hydrogens (tertiary/aromatic N) is 5. The fourth-order valence-electron chi connectivity index (χ4n) is 3.22. The highest BCUT2D eigenvalue weighted by atomic mass is 35.5. The average Bonchev–Trinajstić information content (AvgIpc) is 2.73. The highest BCUT2D eigenvalue weighted by Crippen LogP contribution is 2.34. The Morgan fingerprint density at radius 3 is 2.48 bits per heavy atom. The van der Waals surface area contributed by atoms with Crippen molar-refractivity contribution in [2.45, 2.75) is 6.92 Å². The van der Waals surface area contributed by atoms with E-state index in [1.165, 1.54) is 4.57 Å². The van der Waals surface area contributed by atoms with Gasteiger partial charge in [0.2, 0.25) is 5.95 Å². The molecule has 3 aromatic heterocycles. The molecule has 29 heavy (non-hydrogen) atoms. The van der Waals surface area contributed by atoms with Crippen LogP contribution in [0.25, 0.3) is 22.2 Å². The first-order valence-electron chi connectivity index (χ1n) is 9.01. The number of aromatic nitrogens is 4. The summed E-state index contributed by atoms with van der Waals surface area (Å²) < 4.78 is 1.49. The molecule has 8 heteroatoms. The van der Waals surface area contributed by atoms with Gasteiger partial charge in [-0.15, -0.1) is 0 Å². The first kappa shape index (κ1) is 19.4. The monoisotopic (exact) mass is 425 g/mol. The molecule has 3 heterocycles. The number of rotatable bonds is 4. The zero-order chi connectivity index (χ0) is 20.5. The average molecular weight is 426 g/mol. The molecule has 0 aliphatic heterocycles. The van der Waals surface area contributed by atoms with Crippen LogP contribution in [0.3, 0.4) is 0 Å². The molecule has 4 aromatic rings. The van der Waals surface area contributed by atoms with E-state index in [0.717, 1.165) is 5.82 Å². The maximum atomic E-state index is 13.1. The summed E-state index contributed by atoms with van der Waals surface area (Å²) in [4.78, 5) is 28.4. The van der Waals surface area contributed by atoms with Crippen molar-refractivity contribution in [3.8, 4) is 11.1 Å². The summed E-state index contributed by atoms with van der Waals surface area (Å²) in [6.07, 6.45) is 3.41. The standard InChI is InChI=1S/C21H17Cl2N5O/c1-3-28(17-9-4-5-10-24-17)21-25-12-13-11-14(20(29)27(2)19(13)26-21)18-15(22)7-6-8-16(18)23/h4-12H,3H2,1-2H3. The van der Waals surface area contributed by atoms with E-state index >= 15 is 0 Å². The van der Waals surface area contributed by atoms with E-state index in [0.29, 0.717) is 44.7 Å². The first-order valence-corrected chi connectivity index (χ1v) is 9.76. The number of fused-ring (bicyclic) bond motifs is 1. The smallest absolute Gasteiger partial charge is 0.259 e. The lowest BCUT2D eigenvalue weighted by molar-refractivity contribution is 0.870. The summed E-state index contributed by atoms with van der Waals surface area (Å²) in [5, 5.41) is 1.54. The van der Waals surface area contributed by atoms with E-state index in [9.17, 15) is 4.79 Å². The van der Waals surface area contributed by atoms with E-state index in [1.807, 2.05) is 30.0 Å². The van der Waals surface area contributed by atoms with Crippen LogP contribution in [0.5, 0.6) is 0 Å². The minimum absolute atomic E-state index is 0.238. The van der Waals surface area contributed by atoms with Gasteiger partial charge in [-0.3, -0.25) is 14.3 Å². The molecule has 0 fully saturated rings. The molecule has 0 amide bonds. The zero-order valence-electron chi connectivity index (χ0n) is 15.8.